The van der Waals surface area contributed by atoms with Gasteiger partial charge < -0.3 is 14.7 Å². The van der Waals surface area contributed by atoms with Crippen molar-refractivity contribution in [1.29, 1.82) is 0 Å². The van der Waals surface area contributed by atoms with E-state index in [1.165, 1.54) is 5.57 Å². The van der Waals surface area contributed by atoms with Crippen molar-refractivity contribution in [2.45, 2.75) is 39.2 Å². The molecular formula is C19H27N3O2. The van der Waals surface area contributed by atoms with Crippen LogP contribution in [0.2, 0.25) is 0 Å². The van der Waals surface area contributed by atoms with Crippen LogP contribution in [0, 0.1) is 0 Å². The van der Waals surface area contributed by atoms with E-state index in [2.05, 4.69) is 24.8 Å². The highest BCUT2D eigenvalue weighted by molar-refractivity contribution is 5.92. The zero-order chi connectivity index (χ0) is 17.1. The van der Waals surface area contributed by atoms with E-state index in [1.807, 2.05) is 23.1 Å². The summed E-state index contributed by atoms with van der Waals surface area (Å²) in [6.07, 6.45) is 10.1. The molecule has 130 valence electrons. The molecule has 2 aliphatic heterocycles. The van der Waals surface area contributed by atoms with Crippen molar-refractivity contribution in [3.63, 3.8) is 0 Å². The molecule has 2 saturated heterocycles. The largest absolute Gasteiger partial charge is 0.338 e. The molecule has 0 aromatic carbocycles. The summed E-state index contributed by atoms with van der Waals surface area (Å²) in [6, 6.07) is -0.333. The molecule has 0 aromatic heterocycles. The maximum absolute atomic E-state index is 13.0. The molecule has 3 aliphatic rings. The van der Waals surface area contributed by atoms with Gasteiger partial charge in [-0.05, 0) is 32.4 Å². The number of hydrogen-bond donors (Lipinski definition) is 0. The van der Waals surface area contributed by atoms with Gasteiger partial charge in [-0.3, -0.25) is 9.59 Å². The molecule has 2 amide bonds. The van der Waals surface area contributed by atoms with E-state index in [1.54, 1.807) is 4.90 Å². The first-order valence-corrected chi connectivity index (χ1v) is 8.98. The summed E-state index contributed by atoms with van der Waals surface area (Å²) in [5, 5.41) is 0. The molecule has 1 unspecified atom stereocenters. The van der Waals surface area contributed by atoms with Crippen molar-refractivity contribution in [3.8, 4) is 0 Å². The summed E-state index contributed by atoms with van der Waals surface area (Å²) in [5.41, 5.74) is 2.06. The highest BCUT2D eigenvalue weighted by atomic mass is 16.2. The third-order valence-corrected chi connectivity index (χ3v) is 5.19. The molecule has 2 heterocycles. The molecule has 1 aliphatic carbocycles. The number of piperazine rings is 1. The van der Waals surface area contributed by atoms with Crippen LogP contribution in [0.1, 0.15) is 33.1 Å². The van der Waals surface area contributed by atoms with E-state index in [9.17, 15) is 9.59 Å². The van der Waals surface area contributed by atoms with Gasteiger partial charge in [-0.2, -0.15) is 0 Å². The second-order valence-corrected chi connectivity index (χ2v) is 6.72. The van der Waals surface area contributed by atoms with Crippen molar-refractivity contribution < 1.29 is 9.59 Å². The lowest BCUT2D eigenvalue weighted by molar-refractivity contribution is -0.141. The average molecular weight is 329 g/mol. The first-order chi connectivity index (χ1) is 11.6. The molecule has 0 radical (unpaired) electrons. The van der Waals surface area contributed by atoms with Crippen molar-refractivity contribution in [2.24, 2.45) is 0 Å². The number of carbonyl (C=O) groups is 2. The summed E-state index contributed by atoms with van der Waals surface area (Å²) in [7, 11) is 0. The molecule has 3 rings (SSSR count). The minimum atomic E-state index is -0.333. The minimum absolute atomic E-state index is 0.0657. The predicted molar refractivity (Wildman–Crippen MR) is 94.2 cm³/mol. The van der Waals surface area contributed by atoms with Crippen LogP contribution in [-0.2, 0) is 9.59 Å². The number of hydrogen-bond acceptors (Lipinski definition) is 3. The monoisotopic (exact) mass is 329 g/mol. The molecule has 2 fully saturated rings. The Labute approximate surface area is 144 Å². The van der Waals surface area contributed by atoms with Crippen molar-refractivity contribution >= 4 is 11.8 Å². The fraction of sp³-hybridized carbons (Fsp3) is 0.579. The van der Waals surface area contributed by atoms with Crippen LogP contribution < -0.4 is 0 Å². The zero-order valence-corrected chi connectivity index (χ0v) is 14.7. The van der Waals surface area contributed by atoms with E-state index in [0.717, 1.165) is 44.8 Å². The zero-order valence-electron chi connectivity index (χ0n) is 14.7. The molecule has 1 atom stereocenters. The maximum Gasteiger partial charge on any atom is 0.245 e. The number of amides is 2. The third-order valence-electron chi connectivity index (χ3n) is 5.19. The standard InChI is InChI=1S/C19H27N3O2/c1-3-20-11-13-21(14-12-20)19(24)17-9-10-18(23)22(17)16-6-4-5-15(2)7-8-16/h5-8,17H,3-4,9-14H2,1-2H3. The first kappa shape index (κ1) is 17.0. The van der Waals surface area contributed by atoms with Gasteiger partial charge in [0, 0.05) is 38.3 Å². The van der Waals surface area contributed by atoms with Crippen molar-refractivity contribution in [3.05, 3.63) is 35.6 Å². The van der Waals surface area contributed by atoms with Crippen molar-refractivity contribution in [2.75, 3.05) is 32.7 Å². The van der Waals surface area contributed by atoms with Gasteiger partial charge in [0.1, 0.15) is 6.04 Å². The molecule has 5 heteroatoms. The number of rotatable bonds is 3. The minimum Gasteiger partial charge on any atom is -0.338 e. The normalized spacial score (nSPS) is 25.6. The van der Waals surface area contributed by atoms with Crippen LogP contribution in [-0.4, -0.2) is 65.3 Å². The van der Waals surface area contributed by atoms with Gasteiger partial charge in [-0.1, -0.05) is 30.7 Å². The van der Waals surface area contributed by atoms with Gasteiger partial charge in [0.05, 0.1) is 0 Å². The van der Waals surface area contributed by atoms with Crippen LogP contribution in [0.15, 0.2) is 35.6 Å². The lowest BCUT2D eigenvalue weighted by atomic mass is 10.1. The Kier molecular flexibility index (Phi) is 5.19. The second kappa shape index (κ2) is 7.34. The Morgan fingerprint density at radius 3 is 2.62 bits per heavy atom. The SMILES string of the molecule is CCN1CCN(C(=O)C2CCC(=O)N2C2=CCC=C(C)C=C2)CC1. The highest BCUT2D eigenvalue weighted by Gasteiger charge is 2.40. The second-order valence-electron chi connectivity index (χ2n) is 6.72. The molecule has 5 nitrogen and oxygen atoms in total. The summed E-state index contributed by atoms with van der Waals surface area (Å²) in [5.74, 6) is 0.177. The lowest BCUT2D eigenvalue weighted by Crippen LogP contribution is -2.53. The van der Waals surface area contributed by atoms with Gasteiger partial charge in [0.2, 0.25) is 11.8 Å². The Bertz CT molecular complexity index is 598. The predicted octanol–water partition coefficient (Wildman–Crippen LogP) is 1.93. The Hall–Kier alpha value is -1.88. The Morgan fingerprint density at radius 2 is 1.92 bits per heavy atom. The first-order valence-electron chi connectivity index (χ1n) is 8.98. The van der Waals surface area contributed by atoms with E-state index in [0.29, 0.717) is 12.8 Å². The molecule has 0 N–H and O–H groups in total. The Balaban J connectivity index is 1.72. The van der Waals surface area contributed by atoms with Gasteiger partial charge in [-0.25, -0.2) is 0 Å². The quantitative estimate of drug-likeness (QED) is 0.795. The van der Waals surface area contributed by atoms with Gasteiger partial charge >= 0.3 is 0 Å². The number of likely N-dealkylation sites (N-methyl/N-ethyl adjacent to an activating group) is 1. The van der Waals surface area contributed by atoms with Crippen molar-refractivity contribution in [1.82, 2.24) is 14.7 Å². The summed E-state index contributed by atoms with van der Waals surface area (Å²) >= 11 is 0. The summed E-state index contributed by atoms with van der Waals surface area (Å²) < 4.78 is 0. The van der Waals surface area contributed by atoms with Crippen LogP contribution in [0.25, 0.3) is 0 Å². The molecule has 0 aromatic rings. The number of allylic oxidation sites excluding steroid dienone is 5. The number of likely N-dealkylation sites (tertiary alicyclic amines) is 1. The van der Waals surface area contributed by atoms with Crippen LogP contribution in [0.4, 0.5) is 0 Å². The lowest BCUT2D eigenvalue weighted by Gasteiger charge is -2.37. The maximum atomic E-state index is 13.0. The molecular weight excluding hydrogens is 302 g/mol. The number of carbonyl (C=O) groups excluding carboxylic acids is 2. The van der Waals surface area contributed by atoms with E-state index >= 15 is 0 Å². The molecule has 24 heavy (non-hydrogen) atoms. The van der Waals surface area contributed by atoms with Crippen LogP contribution >= 0.6 is 0 Å². The third kappa shape index (κ3) is 3.46. The van der Waals surface area contributed by atoms with Crippen LogP contribution in [0.5, 0.6) is 0 Å². The van der Waals surface area contributed by atoms with Gasteiger partial charge in [-0.15, -0.1) is 0 Å². The van der Waals surface area contributed by atoms with Crippen LogP contribution in [0.3, 0.4) is 0 Å². The summed E-state index contributed by atoms with van der Waals surface area (Å²) in [6.45, 7) is 8.61. The highest BCUT2D eigenvalue weighted by Crippen LogP contribution is 2.28. The topological polar surface area (TPSA) is 43.9 Å². The Morgan fingerprint density at radius 1 is 1.17 bits per heavy atom. The van der Waals surface area contributed by atoms with E-state index < -0.39 is 0 Å². The smallest absolute Gasteiger partial charge is 0.245 e. The molecule has 0 spiro atoms. The van der Waals surface area contributed by atoms with E-state index in [4.69, 9.17) is 0 Å². The summed E-state index contributed by atoms with van der Waals surface area (Å²) in [4.78, 5) is 31.4. The number of nitrogens with zero attached hydrogens (tertiary/aromatic N) is 3. The fourth-order valence-corrected chi connectivity index (χ4v) is 3.63. The molecule has 0 bridgehead atoms. The van der Waals surface area contributed by atoms with Gasteiger partial charge in [0.25, 0.3) is 0 Å². The molecule has 0 saturated carbocycles. The van der Waals surface area contributed by atoms with Gasteiger partial charge in [0.15, 0.2) is 0 Å². The van der Waals surface area contributed by atoms with E-state index in [-0.39, 0.29) is 17.9 Å². The fourth-order valence-electron chi connectivity index (χ4n) is 3.63. The average Bonchev–Trinajstić information content (AvgIpc) is 2.85.